The Kier molecular flexibility index (Phi) is 7.30. The maximum Gasteiger partial charge on any atom is 0.264 e. The van der Waals surface area contributed by atoms with Crippen molar-refractivity contribution in [1.29, 1.82) is 0 Å². The summed E-state index contributed by atoms with van der Waals surface area (Å²) in [5.74, 6) is 0.677. The number of fused-ring (bicyclic) bond motifs is 1. The Bertz CT molecular complexity index is 1220. The third kappa shape index (κ3) is 4.83. The molecule has 32 heavy (non-hydrogen) atoms. The van der Waals surface area contributed by atoms with E-state index in [0.29, 0.717) is 22.1 Å². The summed E-state index contributed by atoms with van der Waals surface area (Å²) in [6.45, 7) is 4.07. The van der Waals surface area contributed by atoms with E-state index in [4.69, 9.17) is 9.47 Å². The second-order valence-electron chi connectivity index (χ2n) is 7.49. The number of amides is 1. The topological polar surface area (TPSA) is 84.9 Å². The van der Waals surface area contributed by atoms with Crippen LogP contribution in [0.15, 0.2) is 47.4 Å². The van der Waals surface area contributed by atoms with Crippen LogP contribution in [-0.4, -0.2) is 41.6 Å². The van der Waals surface area contributed by atoms with Crippen molar-refractivity contribution >= 4 is 43.0 Å². The predicted molar refractivity (Wildman–Crippen MR) is 129 cm³/mol. The lowest BCUT2D eigenvalue weighted by atomic mass is 10.2. The number of hydrogen-bond donors (Lipinski definition) is 1. The summed E-state index contributed by atoms with van der Waals surface area (Å²) in [4.78, 5) is 13.2. The van der Waals surface area contributed by atoms with Gasteiger partial charge in [0.2, 0.25) is 0 Å². The molecule has 0 radical (unpaired) electrons. The van der Waals surface area contributed by atoms with Gasteiger partial charge in [0.05, 0.1) is 29.7 Å². The molecule has 1 atom stereocenters. The maximum absolute atomic E-state index is 13.2. The summed E-state index contributed by atoms with van der Waals surface area (Å²) in [7, 11) is 0.622. The molecular formula is C23H28N2O5S2. The van der Waals surface area contributed by atoms with Crippen molar-refractivity contribution in [2.45, 2.75) is 37.6 Å². The van der Waals surface area contributed by atoms with Crippen LogP contribution in [-0.2, 0) is 10.0 Å². The highest BCUT2D eigenvalue weighted by Crippen LogP contribution is 2.34. The summed E-state index contributed by atoms with van der Waals surface area (Å²) in [6, 6.07) is 11.7. The normalized spacial score (nSPS) is 12.4. The minimum absolute atomic E-state index is 0.0908. The zero-order chi connectivity index (χ0) is 23.5. The van der Waals surface area contributed by atoms with Crippen LogP contribution in [0.3, 0.4) is 0 Å². The number of thiophene rings is 1. The lowest BCUT2D eigenvalue weighted by Crippen LogP contribution is -2.31. The van der Waals surface area contributed by atoms with Crippen molar-refractivity contribution in [3.8, 4) is 11.5 Å². The van der Waals surface area contributed by atoms with Gasteiger partial charge in [-0.05, 0) is 55.1 Å². The Labute approximate surface area is 193 Å². The van der Waals surface area contributed by atoms with Gasteiger partial charge in [-0.1, -0.05) is 13.3 Å². The van der Waals surface area contributed by atoms with Crippen molar-refractivity contribution < 1.29 is 22.7 Å². The minimum atomic E-state index is -3.83. The molecule has 0 aliphatic rings. The molecular weight excluding hydrogens is 448 g/mol. The van der Waals surface area contributed by atoms with Gasteiger partial charge in [-0.2, -0.15) is 0 Å². The van der Waals surface area contributed by atoms with Crippen LogP contribution in [0.2, 0.25) is 0 Å². The standard InChI is InChI=1S/C23H28N2O5S2/c1-6-7-15(2)24-23(26)22-13-16-12-17(8-11-21(16)31-22)25(3)32(27,28)18-9-10-19(29-4)20(14-18)30-5/h8-15H,6-7H2,1-5H3,(H,24,26)/t15-/m1/s1. The smallest absolute Gasteiger partial charge is 0.264 e. The van der Waals surface area contributed by atoms with E-state index in [0.717, 1.165) is 22.9 Å². The fourth-order valence-corrected chi connectivity index (χ4v) is 5.56. The molecule has 1 aromatic heterocycles. The van der Waals surface area contributed by atoms with Crippen LogP contribution in [0, 0.1) is 0 Å². The zero-order valence-corrected chi connectivity index (χ0v) is 20.5. The molecule has 0 fully saturated rings. The number of methoxy groups -OCH3 is 2. The van der Waals surface area contributed by atoms with Crippen LogP contribution in [0.1, 0.15) is 36.4 Å². The van der Waals surface area contributed by atoms with Gasteiger partial charge in [-0.25, -0.2) is 8.42 Å². The molecule has 172 valence electrons. The zero-order valence-electron chi connectivity index (χ0n) is 18.8. The molecule has 1 heterocycles. The van der Waals surface area contributed by atoms with E-state index < -0.39 is 10.0 Å². The molecule has 0 aliphatic carbocycles. The molecule has 0 saturated carbocycles. The third-order valence-electron chi connectivity index (χ3n) is 5.20. The quantitative estimate of drug-likeness (QED) is 0.485. The van der Waals surface area contributed by atoms with Crippen LogP contribution in [0.4, 0.5) is 5.69 Å². The maximum atomic E-state index is 13.2. The number of carbonyl (C=O) groups excluding carboxylic acids is 1. The molecule has 9 heteroatoms. The van der Waals surface area contributed by atoms with E-state index in [1.54, 1.807) is 24.3 Å². The molecule has 3 rings (SSSR count). The molecule has 0 saturated heterocycles. The number of ether oxygens (including phenoxy) is 2. The number of rotatable bonds is 9. The van der Waals surface area contributed by atoms with Gasteiger partial charge in [0.15, 0.2) is 11.5 Å². The second-order valence-corrected chi connectivity index (χ2v) is 10.5. The molecule has 7 nitrogen and oxygen atoms in total. The van der Waals surface area contributed by atoms with Crippen LogP contribution < -0.4 is 19.1 Å². The van der Waals surface area contributed by atoms with Crippen LogP contribution >= 0.6 is 11.3 Å². The largest absolute Gasteiger partial charge is 0.493 e. The van der Waals surface area contributed by atoms with Gasteiger partial charge in [0, 0.05) is 23.9 Å². The molecule has 3 aromatic rings. The van der Waals surface area contributed by atoms with Crippen molar-refractivity contribution in [3.63, 3.8) is 0 Å². The van der Waals surface area contributed by atoms with Gasteiger partial charge >= 0.3 is 0 Å². The van der Waals surface area contributed by atoms with Crippen LogP contribution in [0.25, 0.3) is 10.1 Å². The van der Waals surface area contributed by atoms with Crippen molar-refractivity contribution in [2.75, 3.05) is 25.6 Å². The minimum Gasteiger partial charge on any atom is -0.493 e. The second kappa shape index (κ2) is 9.79. The van der Waals surface area contributed by atoms with E-state index in [9.17, 15) is 13.2 Å². The van der Waals surface area contributed by atoms with Crippen molar-refractivity contribution in [3.05, 3.63) is 47.3 Å². The van der Waals surface area contributed by atoms with Gasteiger partial charge in [0.1, 0.15) is 0 Å². The summed E-state index contributed by atoms with van der Waals surface area (Å²) >= 11 is 1.39. The number of sulfonamides is 1. The van der Waals surface area contributed by atoms with E-state index in [-0.39, 0.29) is 16.8 Å². The summed E-state index contributed by atoms with van der Waals surface area (Å²) in [5.41, 5.74) is 0.497. The first-order chi connectivity index (χ1) is 15.2. The number of benzene rings is 2. The SMILES string of the molecule is CCC[C@@H](C)NC(=O)c1cc2cc(N(C)S(=O)(=O)c3ccc(OC)c(OC)c3)ccc2s1. The Hall–Kier alpha value is -2.78. The summed E-state index contributed by atoms with van der Waals surface area (Å²) < 4.78 is 39.0. The molecule has 1 N–H and O–H groups in total. The van der Waals surface area contributed by atoms with E-state index in [1.807, 2.05) is 13.0 Å². The van der Waals surface area contributed by atoms with Crippen molar-refractivity contribution in [2.24, 2.45) is 0 Å². The number of nitrogens with zero attached hydrogens (tertiary/aromatic N) is 1. The lowest BCUT2D eigenvalue weighted by molar-refractivity contribution is 0.0942. The number of carbonyl (C=O) groups is 1. The Morgan fingerprint density at radius 1 is 1.09 bits per heavy atom. The summed E-state index contributed by atoms with van der Waals surface area (Å²) in [5, 5.41) is 3.82. The first-order valence-corrected chi connectivity index (χ1v) is 12.5. The molecule has 2 aromatic carbocycles. The van der Waals surface area contributed by atoms with Crippen molar-refractivity contribution in [1.82, 2.24) is 5.32 Å². The number of nitrogens with one attached hydrogen (secondary N) is 1. The first-order valence-electron chi connectivity index (χ1n) is 10.3. The highest BCUT2D eigenvalue weighted by molar-refractivity contribution is 7.92. The fraction of sp³-hybridized carbons (Fsp3) is 0.348. The monoisotopic (exact) mass is 476 g/mol. The number of anilines is 1. The highest BCUT2D eigenvalue weighted by atomic mass is 32.2. The molecule has 0 aliphatic heterocycles. The highest BCUT2D eigenvalue weighted by Gasteiger charge is 2.24. The fourth-order valence-electron chi connectivity index (χ4n) is 3.41. The average molecular weight is 477 g/mol. The Balaban J connectivity index is 1.89. The van der Waals surface area contributed by atoms with Gasteiger partial charge in [-0.3, -0.25) is 9.10 Å². The Morgan fingerprint density at radius 2 is 1.81 bits per heavy atom. The van der Waals surface area contributed by atoms with Gasteiger partial charge in [0.25, 0.3) is 15.9 Å². The van der Waals surface area contributed by atoms with Gasteiger partial charge < -0.3 is 14.8 Å². The Morgan fingerprint density at radius 3 is 2.47 bits per heavy atom. The average Bonchev–Trinajstić information content (AvgIpc) is 3.21. The van der Waals surface area contributed by atoms with Crippen LogP contribution in [0.5, 0.6) is 11.5 Å². The van der Waals surface area contributed by atoms with Gasteiger partial charge in [-0.15, -0.1) is 11.3 Å². The molecule has 1 amide bonds. The van der Waals surface area contributed by atoms with E-state index >= 15 is 0 Å². The number of hydrogen-bond acceptors (Lipinski definition) is 6. The van der Waals surface area contributed by atoms with E-state index in [1.165, 1.54) is 49.0 Å². The lowest BCUT2D eigenvalue weighted by Gasteiger charge is -2.20. The predicted octanol–water partition coefficient (Wildman–Crippen LogP) is 4.66. The molecule has 0 spiro atoms. The molecule has 0 bridgehead atoms. The van der Waals surface area contributed by atoms with E-state index in [2.05, 4.69) is 12.2 Å². The summed E-state index contributed by atoms with van der Waals surface area (Å²) in [6.07, 6.45) is 1.91. The third-order valence-corrected chi connectivity index (χ3v) is 8.10. The first kappa shape index (κ1) is 23.9. The molecule has 0 unspecified atom stereocenters.